The average molecular weight is 162 g/mol. The van der Waals surface area contributed by atoms with Gasteiger partial charge in [-0.3, -0.25) is 9.59 Å². The molecule has 4 heteroatoms. The Hall–Kier alpha value is -1.84. The zero-order valence-electron chi connectivity index (χ0n) is 6.13. The highest BCUT2D eigenvalue weighted by atomic mass is 16.1. The molecule has 1 rings (SSSR count). The van der Waals surface area contributed by atoms with Gasteiger partial charge in [-0.25, -0.2) is 0 Å². The highest BCUT2D eigenvalue weighted by Gasteiger charge is 1.98. The molecule has 2 amide bonds. The molecule has 0 fully saturated rings. The molecule has 0 saturated carbocycles. The third kappa shape index (κ3) is 1.82. The van der Waals surface area contributed by atoms with Crippen molar-refractivity contribution in [3.63, 3.8) is 0 Å². The zero-order chi connectivity index (χ0) is 8.81. The van der Waals surface area contributed by atoms with E-state index in [-0.39, 0.29) is 0 Å². The molecule has 12 heavy (non-hydrogen) atoms. The summed E-state index contributed by atoms with van der Waals surface area (Å²) < 4.78 is 0. The summed E-state index contributed by atoms with van der Waals surface area (Å²) in [6.45, 7) is 0. The van der Waals surface area contributed by atoms with Crippen LogP contribution in [0.5, 0.6) is 0 Å². The van der Waals surface area contributed by atoms with Gasteiger partial charge in [-0.1, -0.05) is 12.1 Å². The molecule has 0 aromatic heterocycles. The number of rotatable bonds is 4. The molecule has 0 aliphatic heterocycles. The SMILES string of the molecule is O=[C]Nc1ccccc1N[C]=O. The summed E-state index contributed by atoms with van der Waals surface area (Å²) in [7, 11) is 0. The maximum Gasteiger partial charge on any atom is 0.314 e. The summed E-state index contributed by atoms with van der Waals surface area (Å²) in [6.07, 6.45) is 3.03. The molecule has 60 valence electrons. The molecule has 0 spiro atoms. The fraction of sp³-hybridized carbons (Fsp3) is 0. The average Bonchev–Trinajstić information content (AvgIpc) is 2.09. The Morgan fingerprint density at radius 2 is 1.33 bits per heavy atom. The maximum absolute atomic E-state index is 9.97. The molecular weight excluding hydrogens is 156 g/mol. The van der Waals surface area contributed by atoms with Crippen LogP contribution in [0.3, 0.4) is 0 Å². The minimum Gasteiger partial charge on any atom is -0.316 e. The predicted molar refractivity (Wildman–Crippen MR) is 45.1 cm³/mol. The van der Waals surface area contributed by atoms with Crippen molar-refractivity contribution in [3.05, 3.63) is 24.3 Å². The first-order chi connectivity index (χ1) is 5.88. The number of para-hydroxylation sites is 2. The molecule has 2 radical (unpaired) electrons. The number of hydrogen-bond donors (Lipinski definition) is 2. The zero-order valence-corrected chi connectivity index (χ0v) is 6.13. The summed E-state index contributed by atoms with van der Waals surface area (Å²) in [5.41, 5.74) is 0.992. The number of hydrogen-bond acceptors (Lipinski definition) is 2. The van der Waals surface area contributed by atoms with Crippen LogP contribution in [0.15, 0.2) is 24.3 Å². The standard InChI is InChI=1S/C8H6N2O2/c11-5-9-7-3-1-2-4-8(7)10-6-12/h1-4H,(H,9,11)(H,10,12). The molecule has 0 atom stereocenters. The topological polar surface area (TPSA) is 58.2 Å². The Labute approximate surface area is 69.6 Å². The molecule has 1 aromatic carbocycles. The van der Waals surface area contributed by atoms with E-state index in [1.54, 1.807) is 24.3 Å². The second-order valence-electron chi connectivity index (χ2n) is 2.00. The van der Waals surface area contributed by atoms with Gasteiger partial charge >= 0.3 is 12.8 Å². The molecule has 1 aromatic rings. The Balaban J connectivity index is 2.90. The van der Waals surface area contributed by atoms with Gasteiger partial charge in [-0.15, -0.1) is 0 Å². The third-order valence-electron chi connectivity index (χ3n) is 1.30. The lowest BCUT2D eigenvalue weighted by Crippen LogP contribution is -2.00. The summed E-state index contributed by atoms with van der Waals surface area (Å²) in [5, 5.41) is 4.63. The largest absolute Gasteiger partial charge is 0.316 e. The fourth-order valence-corrected chi connectivity index (χ4v) is 0.811. The first-order valence-electron chi connectivity index (χ1n) is 3.24. The first kappa shape index (κ1) is 8.26. The Kier molecular flexibility index (Phi) is 2.84. The Bertz CT molecular complexity index is 257. The monoisotopic (exact) mass is 162 g/mol. The molecule has 0 saturated heterocycles. The van der Waals surface area contributed by atoms with Crippen LogP contribution in [0, 0.1) is 0 Å². The lowest BCUT2D eigenvalue weighted by molar-refractivity contribution is 0.559. The van der Waals surface area contributed by atoms with Crippen LogP contribution in [0.1, 0.15) is 0 Å². The van der Waals surface area contributed by atoms with E-state index in [0.717, 1.165) is 0 Å². The van der Waals surface area contributed by atoms with Crippen molar-refractivity contribution in [2.75, 3.05) is 10.6 Å². The number of amides is 2. The van der Waals surface area contributed by atoms with E-state index in [4.69, 9.17) is 0 Å². The van der Waals surface area contributed by atoms with Crippen LogP contribution in [-0.2, 0) is 9.59 Å². The van der Waals surface area contributed by atoms with Gasteiger partial charge in [0.15, 0.2) is 0 Å². The second kappa shape index (κ2) is 4.12. The van der Waals surface area contributed by atoms with Gasteiger partial charge in [0.1, 0.15) is 0 Å². The van der Waals surface area contributed by atoms with Crippen LogP contribution in [0.4, 0.5) is 11.4 Å². The van der Waals surface area contributed by atoms with Crippen molar-refractivity contribution in [2.45, 2.75) is 0 Å². The van der Waals surface area contributed by atoms with Crippen molar-refractivity contribution >= 4 is 24.2 Å². The van der Waals surface area contributed by atoms with Crippen LogP contribution >= 0.6 is 0 Å². The molecule has 0 aliphatic rings. The van der Waals surface area contributed by atoms with Gasteiger partial charge in [0.2, 0.25) is 0 Å². The van der Waals surface area contributed by atoms with Gasteiger partial charge in [0, 0.05) is 0 Å². The third-order valence-corrected chi connectivity index (χ3v) is 1.30. The van der Waals surface area contributed by atoms with E-state index < -0.39 is 0 Å². The van der Waals surface area contributed by atoms with Gasteiger partial charge in [0.25, 0.3) is 0 Å². The number of carbonyl (C=O) groups excluding carboxylic acids is 2. The van der Waals surface area contributed by atoms with Crippen LogP contribution < -0.4 is 10.6 Å². The van der Waals surface area contributed by atoms with E-state index >= 15 is 0 Å². The second-order valence-corrected chi connectivity index (χ2v) is 2.00. The maximum atomic E-state index is 9.97. The fourth-order valence-electron chi connectivity index (χ4n) is 0.811. The van der Waals surface area contributed by atoms with E-state index in [0.29, 0.717) is 11.4 Å². The first-order valence-corrected chi connectivity index (χ1v) is 3.24. The summed E-state index contributed by atoms with van der Waals surface area (Å²) in [5.74, 6) is 0. The van der Waals surface area contributed by atoms with E-state index in [1.165, 1.54) is 12.8 Å². The van der Waals surface area contributed by atoms with Crippen LogP contribution in [-0.4, -0.2) is 12.8 Å². The number of nitrogens with one attached hydrogen (secondary N) is 2. The number of anilines is 2. The van der Waals surface area contributed by atoms with Crippen molar-refractivity contribution < 1.29 is 9.59 Å². The van der Waals surface area contributed by atoms with E-state index in [1.807, 2.05) is 0 Å². The van der Waals surface area contributed by atoms with Crippen molar-refractivity contribution in [1.82, 2.24) is 0 Å². The van der Waals surface area contributed by atoms with Crippen LogP contribution in [0.25, 0.3) is 0 Å². The van der Waals surface area contributed by atoms with Gasteiger partial charge in [0.05, 0.1) is 11.4 Å². The molecule has 0 heterocycles. The van der Waals surface area contributed by atoms with Crippen molar-refractivity contribution in [2.24, 2.45) is 0 Å². The molecule has 4 nitrogen and oxygen atoms in total. The highest BCUT2D eigenvalue weighted by Crippen LogP contribution is 2.18. The molecular formula is C8H6N2O2. The number of benzene rings is 1. The van der Waals surface area contributed by atoms with E-state index in [9.17, 15) is 9.59 Å². The minimum atomic E-state index is 0.496. The molecule has 0 unspecified atom stereocenters. The normalized spacial score (nSPS) is 8.67. The molecule has 2 N–H and O–H groups in total. The lowest BCUT2D eigenvalue weighted by Gasteiger charge is -2.03. The Morgan fingerprint density at radius 3 is 1.67 bits per heavy atom. The highest BCUT2D eigenvalue weighted by molar-refractivity contribution is 5.86. The van der Waals surface area contributed by atoms with E-state index in [2.05, 4.69) is 10.6 Å². The lowest BCUT2D eigenvalue weighted by atomic mass is 10.2. The Morgan fingerprint density at radius 1 is 0.917 bits per heavy atom. The summed E-state index contributed by atoms with van der Waals surface area (Å²) in [4.78, 5) is 19.9. The van der Waals surface area contributed by atoms with Gasteiger partial charge < -0.3 is 10.6 Å². The predicted octanol–water partition coefficient (Wildman–Crippen LogP) is 0.645. The molecule has 0 aliphatic carbocycles. The summed E-state index contributed by atoms with van der Waals surface area (Å²) in [6, 6.07) is 6.75. The summed E-state index contributed by atoms with van der Waals surface area (Å²) >= 11 is 0. The smallest absolute Gasteiger partial charge is 0.314 e. The van der Waals surface area contributed by atoms with Gasteiger partial charge in [-0.2, -0.15) is 0 Å². The molecule has 0 bridgehead atoms. The van der Waals surface area contributed by atoms with Crippen LogP contribution in [0.2, 0.25) is 0 Å². The quantitative estimate of drug-likeness (QED) is 0.638. The van der Waals surface area contributed by atoms with Crippen molar-refractivity contribution in [3.8, 4) is 0 Å². The van der Waals surface area contributed by atoms with Gasteiger partial charge in [-0.05, 0) is 12.1 Å². The van der Waals surface area contributed by atoms with Crippen molar-refractivity contribution in [1.29, 1.82) is 0 Å². The minimum absolute atomic E-state index is 0.496.